The molecule has 0 fully saturated rings. The number of aromatic nitrogens is 1. The minimum absolute atomic E-state index is 0.215. The van der Waals surface area contributed by atoms with Crippen LogP contribution in [0, 0.1) is 6.92 Å². The van der Waals surface area contributed by atoms with E-state index in [-0.39, 0.29) is 4.90 Å². The van der Waals surface area contributed by atoms with E-state index in [2.05, 4.69) is 5.16 Å². The van der Waals surface area contributed by atoms with Crippen LogP contribution < -0.4 is 4.90 Å². The van der Waals surface area contributed by atoms with Crippen LogP contribution in [-0.2, 0) is 16.7 Å². The van der Waals surface area contributed by atoms with Crippen molar-refractivity contribution in [2.24, 2.45) is 0 Å². The summed E-state index contributed by atoms with van der Waals surface area (Å²) in [6.45, 7) is 3.01. The highest BCUT2D eigenvalue weighted by atomic mass is 32.2. The Balaban J connectivity index is 1.98. The molecule has 2 aromatic rings. The van der Waals surface area contributed by atoms with Crippen molar-refractivity contribution in [3.8, 4) is 0 Å². The first-order valence-corrected chi connectivity index (χ1v) is 8.25. The number of aliphatic hydroxyl groups excluding tert-OH is 1. The van der Waals surface area contributed by atoms with E-state index in [1.165, 1.54) is 12.1 Å². The van der Waals surface area contributed by atoms with Gasteiger partial charge in [0.15, 0.2) is 0 Å². The second kappa shape index (κ2) is 5.38. The van der Waals surface area contributed by atoms with Gasteiger partial charge in [-0.3, -0.25) is 4.55 Å². The number of fused-ring (bicyclic) bond motifs is 1. The second-order valence-corrected chi connectivity index (χ2v) is 6.75. The number of aliphatic hydroxyl groups is 1. The number of rotatable bonds is 3. The quantitative estimate of drug-likeness (QED) is 0.828. The van der Waals surface area contributed by atoms with E-state index >= 15 is 0 Å². The van der Waals surface area contributed by atoms with Gasteiger partial charge in [-0.25, -0.2) is 0 Å². The summed E-state index contributed by atoms with van der Waals surface area (Å²) in [6.07, 6.45) is 1.37. The standard InChI is InChI=1S/C14H16N2O5S/c1-9-10(7-15-21-9)8-16-5-4-14(17)12-6-11(22(18,19)20)2-3-13(12)16/h2-3,6-7,14,17H,4-5,8H2,1H3,(H,18,19,20). The van der Waals surface area contributed by atoms with Crippen LogP contribution >= 0.6 is 0 Å². The van der Waals surface area contributed by atoms with Gasteiger partial charge in [0.25, 0.3) is 10.1 Å². The van der Waals surface area contributed by atoms with Gasteiger partial charge in [0, 0.05) is 29.9 Å². The van der Waals surface area contributed by atoms with E-state index < -0.39 is 16.2 Å². The molecule has 0 amide bonds. The highest BCUT2D eigenvalue weighted by Crippen LogP contribution is 2.36. The maximum absolute atomic E-state index is 11.2. The van der Waals surface area contributed by atoms with Crippen molar-refractivity contribution in [2.45, 2.75) is 30.9 Å². The molecule has 0 aliphatic carbocycles. The van der Waals surface area contributed by atoms with E-state index in [1.54, 1.807) is 12.3 Å². The van der Waals surface area contributed by atoms with Crippen molar-refractivity contribution in [1.29, 1.82) is 0 Å². The van der Waals surface area contributed by atoms with Gasteiger partial charge in [0.05, 0.1) is 17.2 Å². The molecule has 7 nitrogen and oxygen atoms in total. The van der Waals surface area contributed by atoms with Crippen LogP contribution in [0.2, 0.25) is 0 Å². The van der Waals surface area contributed by atoms with Crippen LogP contribution in [0.4, 0.5) is 5.69 Å². The van der Waals surface area contributed by atoms with Crippen LogP contribution in [0.5, 0.6) is 0 Å². The van der Waals surface area contributed by atoms with Crippen molar-refractivity contribution in [2.75, 3.05) is 11.4 Å². The summed E-state index contributed by atoms with van der Waals surface area (Å²) in [4.78, 5) is 1.81. The molecular formula is C14H16N2O5S. The zero-order valence-corrected chi connectivity index (χ0v) is 12.7. The molecule has 1 aromatic carbocycles. The molecular weight excluding hydrogens is 308 g/mol. The van der Waals surface area contributed by atoms with Crippen molar-refractivity contribution >= 4 is 15.8 Å². The fourth-order valence-corrected chi connectivity index (χ4v) is 3.16. The Bertz CT molecular complexity index is 799. The van der Waals surface area contributed by atoms with Crippen molar-refractivity contribution in [1.82, 2.24) is 5.16 Å². The summed E-state index contributed by atoms with van der Waals surface area (Å²) in [6, 6.07) is 4.26. The molecule has 2 heterocycles. The number of nitrogens with zero attached hydrogens (tertiary/aromatic N) is 2. The third-order valence-corrected chi connectivity index (χ3v) is 4.73. The lowest BCUT2D eigenvalue weighted by molar-refractivity contribution is 0.163. The molecule has 2 N–H and O–H groups in total. The molecule has 0 saturated heterocycles. The lowest BCUT2D eigenvalue weighted by Crippen LogP contribution is -2.31. The average molecular weight is 324 g/mol. The number of aryl methyl sites for hydroxylation is 1. The zero-order valence-electron chi connectivity index (χ0n) is 11.9. The molecule has 0 saturated carbocycles. The Morgan fingerprint density at radius 2 is 2.23 bits per heavy atom. The van der Waals surface area contributed by atoms with Gasteiger partial charge in [0.2, 0.25) is 0 Å². The first-order valence-electron chi connectivity index (χ1n) is 6.81. The monoisotopic (exact) mass is 324 g/mol. The Hall–Kier alpha value is -1.90. The maximum Gasteiger partial charge on any atom is 0.294 e. The first-order chi connectivity index (χ1) is 10.4. The predicted octanol–water partition coefficient (Wildman–Crippen LogP) is 1.67. The van der Waals surface area contributed by atoms with E-state index in [1.807, 2.05) is 11.8 Å². The number of benzene rings is 1. The number of hydrogen-bond donors (Lipinski definition) is 2. The third-order valence-electron chi connectivity index (χ3n) is 3.88. The first kappa shape index (κ1) is 15.0. The van der Waals surface area contributed by atoms with Crippen molar-refractivity contribution in [3.05, 3.63) is 41.3 Å². The molecule has 0 spiro atoms. The lowest BCUT2D eigenvalue weighted by atomic mass is 9.98. The summed E-state index contributed by atoms with van der Waals surface area (Å²) < 4.78 is 36.7. The summed E-state index contributed by atoms with van der Waals surface area (Å²) in [5.74, 6) is 0.724. The van der Waals surface area contributed by atoms with Crippen molar-refractivity contribution < 1.29 is 22.6 Å². The highest BCUT2D eigenvalue weighted by molar-refractivity contribution is 7.85. The van der Waals surface area contributed by atoms with Gasteiger partial charge in [-0.05, 0) is 31.5 Å². The summed E-state index contributed by atoms with van der Waals surface area (Å²) >= 11 is 0. The molecule has 1 aliphatic heterocycles. The molecule has 0 radical (unpaired) electrons. The Kier molecular flexibility index (Phi) is 3.67. The van der Waals surface area contributed by atoms with Gasteiger partial charge in [-0.15, -0.1) is 0 Å². The zero-order chi connectivity index (χ0) is 15.9. The molecule has 118 valence electrons. The molecule has 1 unspecified atom stereocenters. The van der Waals surface area contributed by atoms with E-state index in [0.717, 1.165) is 17.0 Å². The average Bonchev–Trinajstić information content (AvgIpc) is 2.86. The summed E-state index contributed by atoms with van der Waals surface area (Å²) in [7, 11) is -4.29. The van der Waals surface area contributed by atoms with Gasteiger partial charge in [-0.1, -0.05) is 5.16 Å². The summed E-state index contributed by atoms with van der Waals surface area (Å²) in [5, 5.41) is 13.9. The largest absolute Gasteiger partial charge is 0.388 e. The van der Waals surface area contributed by atoms with Gasteiger partial charge >= 0.3 is 0 Å². The number of hydrogen-bond acceptors (Lipinski definition) is 6. The Morgan fingerprint density at radius 3 is 2.86 bits per heavy atom. The SMILES string of the molecule is Cc1oncc1CN1CCC(O)c2cc(S(=O)(=O)O)ccc21. The van der Waals surface area contributed by atoms with Crippen LogP contribution in [-0.4, -0.2) is 29.8 Å². The fraction of sp³-hybridized carbons (Fsp3) is 0.357. The molecule has 1 atom stereocenters. The molecule has 22 heavy (non-hydrogen) atoms. The normalized spacial score (nSPS) is 18.3. The minimum Gasteiger partial charge on any atom is -0.388 e. The fourth-order valence-electron chi connectivity index (χ4n) is 2.64. The van der Waals surface area contributed by atoms with E-state index in [0.29, 0.717) is 25.1 Å². The maximum atomic E-state index is 11.2. The van der Waals surface area contributed by atoms with E-state index in [9.17, 15) is 13.5 Å². The van der Waals surface area contributed by atoms with Crippen LogP contribution in [0.1, 0.15) is 29.4 Å². The topological polar surface area (TPSA) is 104 Å². The summed E-state index contributed by atoms with van der Waals surface area (Å²) in [5.41, 5.74) is 2.17. The smallest absolute Gasteiger partial charge is 0.294 e. The van der Waals surface area contributed by atoms with Gasteiger partial charge < -0.3 is 14.5 Å². The lowest BCUT2D eigenvalue weighted by Gasteiger charge is -2.33. The number of anilines is 1. The van der Waals surface area contributed by atoms with Crippen LogP contribution in [0.25, 0.3) is 0 Å². The van der Waals surface area contributed by atoms with Crippen LogP contribution in [0.3, 0.4) is 0 Å². The Morgan fingerprint density at radius 1 is 1.45 bits per heavy atom. The van der Waals surface area contributed by atoms with E-state index in [4.69, 9.17) is 9.08 Å². The molecule has 3 rings (SSSR count). The minimum atomic E-state index is -4.29. The molecule has 1 aromatic heterocycles. The predicted molar refractivity (Wildman–Crippen MR) is 78.1 cm³/mol. The molecule has 8 heteroatoms. The van der Waals surface area contributed by atoms with Crippen LogP contribution in [0.15, 0.2) is 33.8 Å². The Labute approximate surface area is 127 Å². The second-order valence-electron chi connectivity index (χ2n) is 5.33. The third kappa shape index (κ3) is 2.72. The van der Waals surface area contributed by atoms with Crippen molar-refractivity contribution in [3.63, 3.8) is 0 Å². The van der Waals surface area contributed by atoms with Gasteiger partial charge in [-0.2, -0.15) is 8.42 Å². The molecule has 1 aliphatic rings. The van der Waals surface area contributed by atoms with Gasteiger partial charge in [0.1, 0.15) is 5.76 Å². The highest BCUT2D eigenvalue weighted by Gasteiger charge is 2.26. The molecule has 0 bridgehead atoms.